The number of hydrogen-bond donors (Lipinski definition) is 1. The monoisotopic (exact) mass is 289 g/mol. The van der Waals surface area contributed by atoms with Crippen molar-refractivity contribution in [1.82, 2.24) is 5.32 Å². The number of carbonyl (C=O) groups excluding carboxylic acids is 2. The lowest BCUT2D eigenvalue weighted by Crippen LogP contribution is -2.41. The fraction of sp³-hybridized carbons (Fsp3) is 0.857. The average Bonchev–Trinajstić information content (AvgIpc) is 2.42. The van der Waals surface area contributed by atoms with Crippen LogP contribution in [0.1, 0.15) is 51.9 Å². The van der Waals surface area contributed by atoms with Crippen LogP contribution in [0, 0.1) is 0 Å². The highest BCUT2D eigenvalue weighted by molar-refractivity contribution is 7.98. The average molecular weight is 289 g/mol. The normalized spacial score (nSPS) is 11.9. The first-order valence-corrected chi connectivity index (χ1v) is 8.41. The van der Waals surface area contributed by atoms with Gasteiger partial charge in [0.25, 0.3) is 0 Å². The second-order valence-electron chi connectivity index (χ2n) is 4.59. The van der Waals surface area contributed by atoms with Gasteiger partial charge in [0.1, 0.15) is 6.04 Å². The predicted molar refractivity (Wildman–Crippen MR) is 80.3 cm³/mol. The van der Waals surface area contributed by atoms with E-state index in [0.29, 0.717) is 12.8 Å². The van der Waals surface area contributed by atoms with Crippen molar-refractivity contribution < 1.29 is 14.3 Å². The number of ether oxygens (including phenoxy) is 1. The van der Waals surface area contributed by atoms with Gasteiger partial charge in [0.05, 0.1) is 7.11 Å². The van der Waals surface area contributed by atoms with E-state index in [4.69, 9.17) is 4.74 Å². The number of carbonyl (C=O) groups is 2. The van der Waals surface area contributed by atoms with Crippen molar-refractivity contribution in [2.24, 2.45) is 0 Å². The molecule has 0 bridgehead atoms. The van der Waals surface area contributed by atoms with E-state index < -0.39 is 6.04 Å². The van der Waals surface area contributed by atoms with Gasteiger partial charge >= 0.3 is 5.97 Å². The molecule has 0 aliphatic carbocycles. The van der Waals surface area contributed by atoms with E-state index in [1.807, 2.05) is 6.26 Å². The van der Waals surface area contributed by atoms with Crippen LogP contribution in [-0.2, 0) is 14.3 Å². The lowest BCUT2D eigenvalue weighted by atomic mass is 10.1. The molecule has 0 heterocycles. The molecular formula is C14H27NO3S. The Labute approximate surface area is 121 Å². The zero-order chi connectivity index (χ0) is 14.5. The molecule has 1 amide bonds. The van der Waals surface area contributed by atoms with Gasteiger partial charge in [-0.1, -0.05) is 32.6 Å². The highest BCUT2D eigenvalue weighted by Crippen LogP contribution is 2.06. The van der Waals surface area contributed by atoms with Crippen molar-refractivity contribution in [2.45, 2.75) is 57.9 Å². The first kappa shape index (κ1) is 18.3. The Morgan fingerprint density at radius 1 is 1.21 bits per heavy atom. The number of methoxy groups -OCH3 is 1. The van der Waals surface area contributed by atoms with Gasteiger partial charge in [-0.05, 0) is 24.9 Å². The summed E-state index contributed by atoms with van der Waals surface area (Å²) in [4.78, 5) is 23.3. The highest BCUT2D eigenvalue weighted by atomic mass is 32.2. The van der Waals surface area contributed by atoms with Gasteiger partial charge in [-0.3, -0.25) is 4.79 Å². The summed E-state index contributed by atoms with van der Waals surface area (Å²) >= 11 is 1.65. The summed E-state index contributed by atoms with van der Waals surface area (Å²) in [6.07, 6.45) is 8.66. The Morgan fingerprint density at radius 2 is 1.89 bits per heavy atom. The molecule has 0 aromatic heterocycles. The molecule has 5 heteroatoms. The number of unbranched alkanes of at least 4 members (excludes halogenated alkanes) is 4. The molecule has 0 aliphatic heterocycles. The fourth-order valence-corrected chi connectivity index (χ4v) is 2.25. The maximum absolute atomic E-state index is 11.7. The lowest BCUT2D eigenvalue weighted by Gasteiger charge is -2.15. The van der Waals surface area contributed by atoms with E-state index in [1.165, 1.54) is 26.4 Å². The quantitative estimate of drug-likeness (QED) is 0.469. The third-order valence-corrected chi connectivity index (χ3v) is 3.58. The molecule has 1 N–H and O–H groups in total. The molecule has 0 spiro atoms. The molecule has 0 fully saturated rings. The van der Waals surface area contributed by atoms with Crippen molar-refractivity contribution in [1.29, 1.82) is 0 Å². The zero-order valence-corrected chi connectivity index (χ0v) is 13.2. The molecule has 19 heavy (non-hydrogen) atoms. The van der Waals surface area contributed by atoms with Crippen LogP contribution < -0.4 is 5.32 Å². The van der Waals surface area contributed by atoms with Gasteiger partial charge < -0.3 is 10.1 Å². The first-order valence-electron chi connectivity index (χ1n) is 7.01. The number of amides is 1. The van der Waals surface area contributed by atoms with Gasteiger partial charge in [0.2, 0.25) is 5.91 Å². The van der Waals surface area contributed by atoms with E-state index in [0.717, 1.165) is 18.6 Å². The van der Waals surface area contributed by atoms with Gasteiger partial charge in [0.15, 0.2) is 0 Å². The Morgan fingerprint density at radius 3 is 2.47 bits per heavy atom. The fourth-order valence-electron chi connectivity index (χ4n) is 1.78. The standard InChI is InChI=1S/C14H27NO3S/c1-4-5-6-7-8-9-13(16)15-12(10-11-19-3)14(17)18-2/h12H,4-11H2,1-3H3,(H,15,16). The molecule has 0 radical (unpaired) electrons. The Balaban J connectivity index is 3.91. The smallest absolute Gasteiger partial charge is 0.328 e. The van der Waals surface area contributed by atoms with Crippen LogP contribution >= 0.6 is 11.8 Å². The van der Waals surface area contributed by atoms with Crippen LogP contribution in [0.3, 0.4) is 0 Å². The number of rotatable bonds is 11. The summed E-state index contributed by atoms with van der Waals surface area (Å²) in [5.74, 6) is 0.428. The molecule has 0 aromatic carbocycles. The number of hydrogen-bond acceptors (Lipinski definition) is 4. The number of esters is 1. The van der Waals surface area contributed by atoms with Gasteiger partial charge in [-0.25, -0.2) is 4.79 Å². The minimum Gasteiger partial charge on any atom is -0.467 e. The van der Waals surface area contributed by atoms with Crippen molar-refractivity contribution in [2.75, 3.05) is 19.1 Å². The van der Waals surface area contributed by atoms with Crippen molar-refractivity contribution >= 4 is 23.6 Å². The summed E-state index contributed by atoms with van der Waals surface area (Å²) in [6.45, 7) is 2.17. The van der Waals surface area contributed by atoms with Crippen LogP contribution in [0.15, 0.2) is 0 Å². The third-order valence-electron chi connectivity index (χ3n) is 2.94. The molecule has 0 saturated carbocycles. The van der Waals surface area contributed by atoms with E-state index in [2.05, 4.69) is 12.2 Å². The first-order chi connectivity index (χ1) is 9.15. The van der Waals surface area contributed by atoms with E-state index in [-0.39, 0.29) is 11.9 Å². The second-order valence-corrected chi connectivity index (χ2v) is 5.57. The molecule has 112 valence electrons. The van der Waals surface area contributed by atoms with Gasteiger partial charge in [-0.15, -0.1) is 0 Å². The maximum atomic E-state index is 11.7. The summed E-state index contributed by atoms with van der Waals surface area (Å²) < 4.78 is 4.70. The second kappa shape index (κ2) is 12.3. The maximum Gasteiger partial charge on any atom is 0.328 e. The molecule has 1 unspecified atom stereocenters. The van der Waals surface area contributed by atoms with Crippen LogP contribution in [0.5, 0.6) is 0 Å². The number of thioether (sulfide) groups is 1. The minimum atomic E-state index is -0.499. The third kappa shape index (κ3) is 9.82. The minimum absolute atomic E-state index is 0.0481. The largest absolute Gasteiger partial charge is 0.467 e. The van der Waals surface area contributed by atoms with Crippen molar-refractivity contribution in [3.05, 3.63) is 0 Å². The molecule has 4 nitrogen and oxygen atoms in total. The summed E-state index contributed by atoms with van der Waals surface area (Å²) in [5, 5.41) is 2.77. The Bertz CT molecular complexity index is 259. The number of nitrogens with one attached hydrogen (secondary N) is 1. The zero-order valence-electron chi connectivity index (χ0n) is 12.4. The highest BCUT2D eigenvalue weighted by Gasteiger charge is 2.20. The van der Waals surface area contributed by atoms with Gasteiger partial charge in [-0.2, -0.15) is 11.8 Å². The summed E-state index contributed by atoms with van der Waals surface area (Å²) in [7, 11) is 1.35. The molecule has 0 aromatic rings. The predicted octanol–water partition coefficient (Wildman–Crippen LogP) is 2.76. The Hall–Kier alpha value is -0.710. The van der Waals surface area contributed by atoms with E-state index in [9.17, 15) is 9.59 Å². The Kier molecular flexibility index (Phi) is 11.9. The lowest BCUT2D eigenvalue weighted by molar-refractivity contribution is -0.145. The van der Waals surface area contributed by atoms with Crippen LogP contribution in [0.2, 0.25) is 0 Å². The molecular weight excluding hydrogens is 262 g/mol. The van der Waals surface area contributed by atoms with E-state index in [1.54, 1.807) is 11.8 Å². The topological polar surface area (TPSA) is 55.4 Å². The van der Waals surface area contributed by atoms with Crippen molar-refractivity contribution in [3.63, 3.8) is 0 Å². The molecule has 1 atom stereocenters. The van der Waals surface area contributed by atoms with Crippen LogP contribution in [0.25, 0.3) is 0 Å². The molecule has 0 rings (SSSR count). The van der Waals surface area contributed by atoms with Crippen LogP contribution in [0.4, 0.5) is 0 Å². The molecule has 0 saturated heterocycles. The van der Waals surface area contributed by atoms with Crippen LogP contribution in [-0.4, -0.2) is 37.0 Å². The summed E-state index contributed by atoms with van der Waals surface area (Å²) in [5.41, 5.74) is 0. The SMILES string of the molecule is CCCCCCCC(=O)NC(CCSC)C(=O)OC. The van der Waals surface area contributed by atoms with Gasteiger partial charge in [0, 0.05) is 6.42 Å². The summed E-state index contributed by atoms with van der Waals surface area (Å²) in [6, 6.07) is -0.499. The van der Waals surface area contributed by atoms with Crippen molar-refractivity contribution in [3.8, 4) is 0 Å². The van der Waals surface area contributed by atoms with E-state index >= 15 is 0 Å². The molecule has 0 aliphatic rings.